The van der Waals surface area contributed by atoms with Crippen molar-refractivity contribution in [2.24, 2.45) is 0 Å². The van der Waals surface area contributed by atoms with E-state index in [1.165, 1.54) is 46.7 Å². The third-order valence-corrected chi connectivity index (χ3v) is 5.40. The average molecular weight is 415 g/mol. The van der Waals surface area contributed by atoms with Gasteiger partial charge in [-0.1, -0.05) is 23.7 Å². The lowest BCUT2D eigenvalue weighted by molar-refractivity contribution is -0.132. The third kappa shape index (κ3) is 3.08. The van der Waals surface area contributed by atoms with Crippen LogP contribution >= 0.6 is 22.9 Å². The largest absolute Gasteiger partial charge is 0.507 e. The number of thiazole rings is 1. The van der Waals surface area contributed by atoms with Crippen molar-refractivity contribution in [1.82, 2.24) is 4.98 Å². The molecular weight excluding hydrogens is 403 g/mol. The molecular formula is C20H12ClFN2O3S. The summed E-state index contributed by atoms with van der Waals surface area (Å²) in [5, 5.41) is 13.3. The van der Waals surface area contributed by atoms with E-state index >= 15 is 0 Å². The van der Waals surface area contributed by atoms with E-state index < -0.39 is 23.5 Å². The first-order chi connectivity index (χ1) is 13.5. The minimum Gasteiger partial charge on any atom is -0.507 e. The minimum atomic E-state index is -0.881. The maximum Gasteiger partial charge on any atom is 0.301 e. The molecule has 0 spiro atoms. The van der Waals surface area contributed by atoms with Gasteiger partial charge in [0, 0.05) is 22.2 Å². The third-order valence-electron chi connectivity index (χ3n) is 4.37. The highest BCUT2D eigenvalue weighted by molar-refractivity contribution is 7.14. The second kappa shape index (κ2) is 7.18. The topological polar surface area (TPSA) is 70.5 Å². The minimum absolute atomic E-state index is 0.0888. The van der Waals surface area contributed by atoms with Crippen LogP contribution in [-0.4, -0.2) is 21.8 Å². The molecule has 8 heteroatoms. The maximum absolute atomic E-state index is 13.2. The van der Waals surface area contributed by atoms with Crippen molar-refractivity contribution in [3.05, 3.63) is 87.6 Å². The fraction of sp³-hybridized carbons (Fsp3) is 0.0500. The van der Waals surface area contributed by atoms with Gasteiger partial charge in [0.15, 0.2) is 5.13 Å². The fourth-order valence-corrected chi connectivity index (χ4v) is 3.88. The Balaban J connectivity index is 1.93. The van der Waals surface area contributed by atoms with Gasteiger partial charge in [-0.05, 0) is 42.0 Å². The first kappa shape index (κ1) is 18.3. The number of amides is 1. The van der Waals surface area contributed by atoms with Crippen LogP contribution in [0.4, 0.5) is 9.52 Å². The molecule has 1 amide bonds. The van der Waals surface area contributed by atoms with Crippen LogP contribution in [0.2, 0.25) is 5.02 Å². The molecule has 2 heterocycles. The molecule has 0 aliphatic carbocycles. The van der Waals surface area contributed by atoms with E-state index in [1.807, 2.05) is 0 Å². The van der Waals surface area contributed by atoms with Gasteiger partial charge < -0.3 is 5.11 Å². The summed E-state index contributed by atoms with van der Waals surface area (Å²) < 4.78 is 13.2. The van der Waals surface area contributed by atoms with Gasteiger partial charge in [0.05, 0.1) is 11.6 Å². The number of rotatable bonds is 3. The average Bonchev–Trinajstić information content (AvgIpc) is 3.30. The van der Waals surface area contributed by atoms with Crippen LogP contribution in [0.5, 0.6) is 0 Å². The Bertz CT molecular complexity index is 1080. The molecule has 1 aliphatic heterocycles. The van der Waals surface area contributed by atoms with Crippen LogP contribution in [0.15, 0.2) is 65.7 Å². The molecule has 0 unspecified atom stereocenters. The number of Topliss-reactive ketones (excluding diaryl/α,β-unsaturated/α-hetero) is 1. The molecule has 140 valence electrons. The number of ketones is 1. The van der Waals surface area contributed by atoms with Gasteiger partial charge in [-0.25, -0.2) is 9.37 Å². The number of nitrogens with zero attached hydrogens (tertiary/aromatic N) is 2. The number of benzene rings is 2. The number of aliphatic hydroxyl groups is 1. The standard InChI is InChI=1S/C20H12ClFN2O3S/c21-13-5-1-11(2-6-13)16-15(17(25)12-3-7-14(22)8-4-12)18(26)19(27)24(16)20-23-9-10-28-20/h1-10,16,25H/t16-/m0/s1. The Morgan fingerprint density at radius 2 is 1.79 bits per heavy atom. The van der Waals surface area contributed by atoms with Crippen LogP contribution < -0.4 is 4.90 Å². The van der Waals surface area contributed by atoms with Crippen molar-refractivity contribution in [3.63, 3.8) is 0 Å². The van der Waals surface area contributed by atoms with Crippen LogP contribution in [0.25, 0.3) is 5.76 Å². The Kier molecular flexibility index (Phi) is 4.70. The quantitative estimate of drug-likeness (QED) is 0.387. The highest BCUT2D eigenvalue weighted by Gasteiger charge is 2.47. The van der Waals surface area contributed by atoms with Crippen LogP contribution in [0.3, 0.4) is 0 Å². The number of carbonyl (C=O) groups excluding carboxylic acids is 2. The van der Waals surface area contributed by atoms with Crippen molar-refractivity contribution in [1.29, 1.82) is 0 Å². The summed E-state index contributed by atoms with van der Waals surface area (Å²) in [6, 6.07) is 10.8. The lowest BCUT2D eigenvalue weighted by atomic mass is 9.95. The number of hydrogen-bond acceptors (Lipinski definition) is 5. The molecule has 5 nitrogen and oxygen atoms in total. The number of aromatic nitrogens is 1. The zero-order valence-electron chi connectivity index (χ0n) is 14.2. The molecule has 1 N–H and O–H groups in total. The van der Waals surface area contributed by atoms with Crippen LogP contribution in [-0.2, 0) is 9.59 Å². The van der Waals surface area contributed by atoms with Crippen molar-refractivity contribution in [3.8, 4) is 0 Å². The van der Waals surface area contributed by atoms with Gasteiger partial charge in [0.2, 0.25) is 0 Å². The lowest BCUT2D eigenvalue weighted by Gasteiger charge is -2.23. The monoisotopic (exact) mass is 414 g/mol. The number of anilines is 1. The van der Waals surface area contributed by atoms with E-state index in [1.54, 1.807) is 29.6 Å². The summed E-state index contributed by atoms with van der Waals surface area (Å²) in [4.78, 5) is 31.0. The first-order valence-electron chi connectivity index (χ1n) is 8.19. The number of hydrogen-bond donors (Lipinski definition) is 1. The highest BCUT2D eigenvalue weighted by Crippen LogP contribution is 2.42. The van der Waals surface area contributed by atoms with Crippen LogP contribution in [0, 0.1) is 5.82 Å². The zero-order valence-corrected chi connectivity index (χ0v) is 15.7. The molecule has 3 aromatic rings. The van der Waals surface area contributed by atoms with E-state index in [0.717, 1.165) is 0 Å². The molecule has 0 radical (unpaired) electrons. The van der Waals surface area contributed by atoms with Gasteiger partial charge in [-0.2, -0.15) is 0 Å². The van der Waals surface area contributed by atoms with Gasteiger partial charge in [-0.15, -0.1) is 11.3 Å². The van der Waals surface area contributed by atoms with Crippen molar-refractivity contribution in [2.45, 2.75) is 6.04 Å². The van der Waals surface area contributed by atoms with E-state index in [-0.39, 0.29) is 16.9 Å². The van der Waals surface area contributed by atoms with Gasteiger partial charge >= 0.3 is 5.91 Å². The second-order valence-electron chi connectivity index (χ2n) is 6.04. The van der Waals surface area contributed by atoms with Gasteiger partial charge in [0.25, 0.3) is 5.78 Å². The molecule has 2 aromatic carbocycles. The predicted octanol–water partition coefficient (Wildman–Crippen LogP) is 4.56. The maximum atomic E-state index is 13.2. The summed E-state index contributed by atoms with van der Waals surface area (Å²) in [6.45, 7) is 0. The van der Waals surface area contributed by atoms with Crippen molar-refractivity contribution >= 4 is 45.5 Å². The lowest BCUT2D eigenvalue weighted by Crippen LogP contribution is -2.29. The molecule has 4 rings (SSSR count). The van der Waals surface area contributed by atoms with Crippen molar-refractivity contribution < 1.29 is 19.1 Å². The SMILES string of the molecule is O=C1C(=O)N(c2nccs2)[C@@H](c2ccc(Cl)cc2)C1=C(O)c1ccc(F)cc1. The summed E-state index contributed by atoms with van der Waals surface area (Å²) in [5.41, 5.74) is 0.731. The first-order valence-corrected chi connectivity index (χ1v) is 9.45. The number of halogens is 2. The molecule has 1 aromatic heterocycles. The Morgan fingerprint density at radius 1 is 1.11 bits per heavy atom. The van der Waals surface area contributed by atoms with Gasteiger partial charge in [0.1, 0.15) is 11.6 Å². The fourth-order valence-electron chi connectivity index (χ4n) is 3.09. The number of aliphatic hydroxyl groups excluding tert-OH is 1. The summed E-state index contributed by atoms with van der Waals surface area (Å²) in [7, 11) is 0. The van der Waals surface area contributed by atoms with Gasteiger partial charge in [-0.3, -0.25) is 14.5 Å². The van der Waals surface area contributed by atoms with Crippen LogP contribution in [0.1, 0.15) is 17.2 Å². The van der Waals surface area contributed by atoms with E-state index in [9.17, 15) is 19.1 Å². The summed E-state index contributed by atoms with van der Waals surface area (Å²) >= 11 is 7.17. The van der Waals surface area contributed by atoms with E-state index in [0.29, 0.717) is 15.7 Å². The summed E-state index contributed by atoms with van der Waals surface area (Å²) in [6.07, 6.45) is 1.53. The van der Waals surface area contributed by atoms with E-state index in [4.69, 9.17) is 11.6 Å². The van der Waals surface area contributed by atoms with Crippen molar-refractivity contribution in [2.75, 3.05) is 4.90 Å². The second-order valence-corrected chi connectivity index (χ2v) is 7.35. The predicted molar refractivity (Wildman–Crippen MR) is 105 cm³/mol. The molecule has 1 saturated heterocycles. The molecule has 0 saturated carbocycles. The zero-order chi connectivity index (χ0) is 19.8. The molecule has 1 aliphatic rings. The number of carbonyl (C=O) groups is 2. The summed E-state index contributed by atoms with van der Waals surface area (Å²) in [5.74, 6) is -2.48. The Morgan fingerprint density at radius 3 is 2.39 bits per heavy atom. The highest BCUT2D eigenvalue weighted by atomic mass is 35.5. The van der Waals surface area contributed by atoms with E-state index in [2.05, 4.69) is 4.98 Å². The Hall–Kier alpha value is -3.03. The Labute approximate surface area is 168 Å². The smallest absolute Gasteiger partial charge is 0.301 e. The molecule has 1 atom stereocenters. The molecule has 1 fully saturated rings. The normalized spacial score (nSPS) is 18.6. The molecule has 28 heavy (non-hydrogen) atoms. The molecule has 0 bridgehead atoms.